The van der Waals surface area contributed by atoms with Gasteiger partial charge in [0.15, 0.2) is 0 Å². The summed E-state index contributed by atoms with van der Waals surface area (Å²) in [6, 6.07) is 4.89. The summed E-state index contributed by atoms with van der Waals surface area (Å²) >= 11 is 0. The summed E-state index contributed by atoms with van der Waals surface area (Å²) in [5.41, 5.74) is -0.292. The van der Waals surface area contributed by atoms with E-state index in [0.29, 0.717) is 0 Å². The van der Waals surface area contributed by atoms with Crippen LogP contribution in [0.25, 0.3) is 0 Å². The first-order chi connectivity index (χ1) is 5.61. The molecule has 0 amide bonds. The fourth-order valence-electron chi connectivity index (χ4n) is 0.753. The SMILES string of the molecule is O=C(O)c1cccc([N+](=O)[O-])c1.[Cu]. The van der Waals surface area contributed by atoms with Crippen LogP contribution in [-0.2, 0) is 17.1 Å². The van der Waals surface area contributed by atoms with Crippen LogP contribution in [0.1, 0.15) is 10.4 Å². The molecule has 1 radical (unpaired) electrons. The van der Waals surface area contributed by atoms with Crippen LogP contribution in [0.4, 0.5) is 5.69 Å². The summed E-state index contributed by atoms with van der Waals surface area (Å²) in [6.07, 6.45) is 0. The second-order valence-corrected chi connectivity index (χ2v) is 2.11. The number of aromatic carboxylic acids is 1. The summed E-state index contributed by atoms with van der Waals surface area (Å²) in [6.45, 7) is 0. The molecular formula is C7H5CuNO4. The van der Waals surface area contributed by atoms with Crippen LogP contribution in [0.3, 0.4) is 0 Å². The standard InChI is InChI=1S/C7H5NO4.Cu/c9-7(10)5-2-1-3-6(4-5)8(11)12;/h1-4H,(H,9,10);. The van der Waals surface area contributed by atoms with Gasteiger partial charge in [-0.2, -0.15) is 0 Å². The van der Waals surface area contributed by atoms with E-state index >= 15 is 0 Å². The number of benzene rings is 1. The van der Waals surface area contributed by atoms with Gasteiger partial charge in [0.2, 0.25) is 0 Å². The van der Waals surface area contributed by atoms with Crippen LogP contribution in [0, 0.1) is 10.1 Å². The molecule has 6 heteroatoms. The molecule has 0 heterocycles. The molecule has 0 fully saturated rings. The summed E-state index contributed by atoms with van der Waals surface area (Å²) in [4.78, 5) is 19.9. The van der Waals surface area contributed by atoms with Crippen LogP contribution in [-0.4, -0.2) is 16.0 Å². The van der Waals surface area contributed by atoms with Gasteiger partial charge in [-0.3, -0.25) is 10.1 Å². The number of carboxylic acid groups (broad SMARTS) is 1. The molecule has 5 nitrogen and oxygen atoms in total. The number of nitrogens with zero attached hydrogens (tertiary/aromatic N) is 1. The molecule has 73 valence electrons. The zero-order valence-electron chi connectivity index (χ0n) is 6.23. The minimum atomic E-state index is -1.17. The molecule has 1 aromatic rings. The Hall–Kier alpha value is -1.39. The van der Waals surface area contributed by atoms with E-state index < -0.39 is 10.9 Å². The maximum absolute atomic E-state index is 10.4. The molecular weight excluding hydrogens is 226 g/mol. The van der Waals surface area contributed by atoms with Crippen LogP contribution in [0.2, 0.25) is 0 Å². The maximum Gasteiger partial charge on any atom is 0.335 e. The fraction of sp³-hybridized carbons (Fsp3) is 0. The van der Waals surface area contributed by atoms with Crippen LogP contribution in [0.5, 0.6) is 0 Å². The molecule has 0 unspecified atom stereocenters. The van der Waals surface area contributed by atoms with Gasteiger partial charge in [-0.1, -0.05) is 6.07 Å². The number of carbonyl (C=O) groups is 1. The van der Waals surface area contributed by atoms with E-state index in [9.17, 15) is 14.9 Å². The average molecular weight is 231 g/mol. The molecule has 1 rings (SSSR count). The van der Waals surface area contributed by atoms with Crippen LogP contribution in [0.15, 0.2) is 24.3 Å². The Labute approximate surface area is 84.0 Å². The maximum atomic E-state index is 10.4. The van der Waals surface area contributed by atoms with Gasteiger partial charge >= 0.3 is 5.97 Å². The number of nitro benzene ring substituents is 1. The number of hydrogen-bond donors (Lipinski definition) is 1. The third-order valence-electron chi connectivity index (χ3n) is 1.30. The van der Waals surface area contributed by atoms with Crippen molar-refractivity contribution in [3.05, 3.63) is 39.9 Å². The number of nitro groups is 1. The number of rotatable bonds is 2. The summed E-state index contributed by atoms with van der Waals surface area (Å²) < 4.78 is 0. The normalized spacial score (nSPS) is 8.62. The monoisotopic (exact) mass is 230 g/mol. The minimum Gasteiger partial charge on any atom is -0.478 e. The predicted octanol–water partition coefficient (Wildman–Crippen LogP) is 1.29. The van der Waals surface area contributed by atoms with E-state index in [4.69, 9.17) is 5.11 Å². The predicted molar refractivity (Wildman–Crippen MR) is 40.1 cm³/mol. The van der Waals surface area contributed by atoms with E-state index in [1.54, 1.807) is 0 Å². The van der Waals surface area contributed by atoms with E-state index in [2.05, 4.69) is 0 Å². The second-order valence-electron chi connectivity index (χ2n) is 2.11. The number of carboxylic acids is 1. The Morgan fingerprint density at radius 1 is 1.46 bits per heavy atom. The molecule has 0 aromatic heterocycles. The molecule has 1 N–H and O–H groups in total. The van der Waals surface area contributed by atoms with Crippen molar-refractivity contribution >= 4 is 11.7 Å². The molecule has 0 spiro atoms. The Bertz CT molecular complexity index is 310. The first-order valence-corrected chi connectivity index (χ1v) is 3.09. The first-order valence-electron chi connectivity index (χ1n) is 3.09. The molecule has 0 saturated carbocycles. The Morgan fingerprint density at radius 3 is 2.54 bits per heavy atom. The molecule has 0 bridgehead atoms. The van der Waals surface area contributed by atoms with Crippen molar-refractivity contribution in [1.82, 2.24) is 0 Å². The molecule has 0 aliphatic heterocycles. The largest absolute Gasteiger partial charge is 0.478 e. The quantitative estimate of drug-likeness (QED) is 0.472. The van der Waals surface area contributed by atoms with E-state index in [1.165, 1.54) is 18.2 Å². The zero-order chi connectivity index (χ0) is 9.14. The zero-order valence-corrected chi connectivity index (χ0v) is 7.17. The number of non-ortho nitro benzene ring substituents is 1. The molecule has 0 saturated heterocycles. The summed E-state index contributed by atoms with van der Waals surface area (Å²) in [5.74, 6) is -1.17. The summed E-state index contributed by atoms with van der Waals surface area (Å²) in [5, 5.41) is 18.7. The fourth-order valence-corrected chi connectivity index (χ4v) is 0.753. The Kier molecular flexibility index (Phi) is 4.10. The van der Waals surface area contributed by atoms with E-state index in [1.807, 2.05) is 0 Å². The van der Waals surface area contributed by atoms with Gasteiger partial charge in [0.25, 0.3) is 5.69 Å². The van der Waals surface area contributed by atoms with Crippen molar-refractivity contribution in [3.63, 3.8) is 0 Å². The van der Waals surface area contributed by atoms with Crippen LogP contribution >= 0.6 is 0 Å². The van der Waals surface area contributed by atoms with Gasteiger partial charge in [0.1, 0.15) is 0 Å². The van der Waals surface area contributed by atoms with E-state index in [-0.39, 0.29) is 28.3 Å². The van der Waals surface area contributed by atoms with Gasteiger partial charge in [-0.25, -0.2) is 4.79 Å². The van der Waals surface area contributed by atoms with Crippen molar-refractivity contribution in [2.75, 3.05) is 0 Å². The van der Waals surface area contributed by atoms with Crippen molar-refractivity contribution < 1.29 is 31.9 Å². The van der Waals surface area contributed by atoms with Gasteiger partial charge in [0, 0.05) is 29.2 Å². The van der Waals surface area contributed by atoms with Crippen molar-refractivity contribution in [3.8, 4) is 0 Å². The van der Waals surface area contributed by atoms with Gasteiger partial charge in [0.05, 0.1) is 10.5 Å². The average Bonchev–Trinajstić information content (AvgIpc) is 2.04. The molecule has 0 atom stereocenters. The van der Waals surface area contributed by atoms with E-state index in [0.717, 1.165) is 6.07 Å². The number of hydrogen-bond acceptors (Lipinski definition) is 3. The molecule has 0 aliphatic carbocycles. The Balaban J connectivity index is 0.00000144. The smallest absolute Gasteiger partial charge is 0.335 e. The molecule has 13 heavy (non-hydrogen) atoms. The van der Waals surface area contributed by atoms with Crippen LogP contribution < -0.4 is 0 Å². The minimum absolute atomic E-state index is 0. The third kappa shape index (κ3) is 2.85. The molecule has 0 aliphatic rings. The van der Waals surface area contributed by atoms with Gasteiger partial charge < -0.3 is 5.11 Å². The Morgan fingerprint density at radius 2 is 2.08 bits per heavy atom. The van der Waals surface area contributed by atoms with Crippen molar-refractivity contribution in [1.29, 1.82) is 0 Å². The summed E-state index contributed by atoms with van der Waals surface area (Å²) in [7, 11) is 0. The first kappa shape index (κ1) is 11.6. The van der Waals surface area contributed by atoms with Gasteiger partial charge in [-0.15, -0.1) is 0 Å². The van der Waals surface area contributed by atoms with Crippen molar-refractivity contribution in [2.45, 2.75) is 0 Å². The second kappa shape index (κ2) is 4.59. The third-order valence-corrected chi connectivity index (χ3v) is 1.30. The van der Waals surface area contributed by atoms with Gasteiger partial charge in [-0.05, 0) is 6.07 Å². The van der Waals surface area contributed by atoms with Crippen molar-refractivity contribution in [2.24, 2.45) is 0 Å². The topological polar surface area (TPSA) is 80.4 Å². The molecule has 1 aromatic carbocycles.